The lowest BCUT2D eigenvalue weighted by Crippen LogP contribution is -2.04. The third-order valence-electron chi connectivity index (χ3n) is 3.06. The summed E-state index contributed by atoms with van der Waals surface area (Å²) in [7, 11) is 0. The number of fused-ring (bicyclic) bond motifs is 1. The molecule has 0 radical (unpaired) electrons. The van der Waals surface area contributed by atoms with Gasteiger partial charge in [-0.15, -0.1) is 0 Å². The van der Waals surface area contributed by atoms with E-state index in [0.29, 0.717) is 5.56 Å². The number of aromatic hydroxyl groups is 3. The quantitative estimate of drug-likeness (QED) is 0.591. The highest BCUT2D eigenvalue weighted by Gasteiger charge is 2.14. The van der Waals surface area contributed by atoms with Crippen molar-refractivity contribution in [3.05, 3.63) is 52.9 Å². The molecule has 0 aliphatic rings. The topological polar surface area (TPSA) is 90.9 Å². The maximum Gasteiger partial charge on any atom is 0.200 e. The van der Waals surface area contributed by atoms with Gasteiger partial charge in [-0.1, -0.05) is 18.2 Å². The van der Waals surface area contributed by atoms with Crippen LogP contribution < -0.4 is 5.43 Å². The van der Waals surface area contributed by atoms with Gasteiger partial charge in [0.25, 0.3) is 0 Å². The van der Waals surface area contributed by atoms with Gasteiger partial charge in [0.1, 0.15) is 17.6 Å². The number of para-hydroxylation sites is 1. The third-order valence-corrected chi connectivity index (χ3v) is 3.06. The van der Waals surface area contributed by atoms with Crippen LogP contribution in [0.5, 0.6) is 17.2 Å². The van der Waals surface area contributed by atoms with Crippen LogP contribution in [0.2, 0.25) is 0 Å². The summed E-state index contributed by atoms with van der Waals surface area (Å²) in [5.41, 5.74) is 0.281. The van der Waals surface area contributed by atoms with Gasteiger partial charge in [0, 0.05) is 11.6 Å². The minimum Gasteiger partial charge on any atom is -0.507 e. The van der Waals surface area contributed by atoms with Crippen molar-refractivity contribution in [2.24, 2.45) is 0 Å². The van der Waals surface area contributed by atoms with Gasteiger partial charge >= 0.3 is 0 Å². The van der Waals surface area contributed by atoms with E-state index in [2.05, 4.69) is 0 Å². The highest BCUT2D eigenvalue weighted by Crippen LogP contribution is 2.32. The van der Waals surface area contributed by atoms with Crippen molar-refractivity contribution in [3.63, 3.8) is 0 Å². The summed E-state index contributed by atoms with van der Waals surface area (Å²) in [6, 6.07) is 8.69. The van der Waals surface area contributed by atoms with Crippen LogP contribution in [-0.4, -0.2) is 15.3 Å². The molecule has 0 aliphatic heterocycles. The molecule has 0 bridgehead atoms. The van der Waals surface area contributed by atoms with Gasteiger partial charge in [-0.05, 0) is 12.1 Å². The van der Waals surface area contributed by atoms with E-state index >= 15 is 0 Å². The van der Waals surface area contributed by atoms with E-state index in [1.807, 2.05) is 0 Å². The van der Waals surface area contributed by atoms with Gasteiger partial charge in [-0.25, -0.2) is 0 Å². The van der Waals surface area contributed by atoms with E-state index in [0.717, 1.165) is 6.07 Å². The highest BCUT2D eigenvalue weighted by atomic mass is 16.3. The van der Waals surface area contributed by atoms with Crippen LogP contribution in [0, 0.1) is 0 Å². The number of hydrogen-bond acceptors (Lipinski definition) is 5. The van der Waals surface area contributed by atoms with Gasteiger partial charge in [0.2, 0.25) is 5.43 Å². The van der Waals surface area contributed by atoms with E-state index in [1.54, 1.807) is 18.2 Å². The van der Waals surface area contributed by atoms with Gasteiger partial charge < -0.3 is 19.7 Å². The van der Waals surface area contributed by atoms with Crippen LogP contribution in [-0.2, 0) is 0 Å². The molecule has 0 amide bonds. The monoisotopic (exact) mass is 270 g/mol. The van der Waals surface area contributed by atoms with Gasteiger partial charge in [0.05, 0.1) is 10.9 Å². The average Bonchev–Trinajstić information content (AvgIpc) is 2.43. The summed E-state index contributed by atoms with van der Waals surface area (Å²) in [6.07, 6.45) is 1.22. The largest absolute Gasteiger partial charge is 0.507 e. The van der Waals surface area contributed by atoms with Crippen LogP contribution >= 0.6 is 0 Å². The van der Waals surface area contributed by atoms with Gasteiger partial charge in [-0.3, -0.25) is 4.79 Å². The van der Waals surface area contributed by atoms with Crippen molar-refractivity contribution in [2.75, 3.05) is 0 Å². The number of rotatable bonds is 1. The predicted molar refractivity (Wildman–Crippen MR) is 72.9 cm³/mol. The fourth-order valence-corrected chi connectivity index (χ4v) is 2.04. The predicted octanol–water partition coefficient (Wildman–Crippen LogP) is 2.58. The Labute approximate surface area is 113 Å². The molecular weight excluding hydrogens is 260 g/mol. The molecule has 0 saturated heterocycles. The molecular formula is C15H10O5. The van der Waals surface area contributed by atoms with Gasteiger partial charge in [0.15, 0.2) is 11.5 Å². The molecule has 0 spiro atoms. The molecule has 3 aromatic rings. The Bertz CT molecular complexity index is 864. The summed E-state index contributed by atoms with van der Waals surface area (Å²) < 4.78 is 5.29. The molecule has 0 aliphatic carbocycles. The second-order valence-corrected chi connectivity index (χ2v) is 4.33. The number of hydrogen-bond donors (Lipinski definition) is 3. The Balaban J connectivity index is 2.35. The normalized spacial score (nSPS) is 10.8. The third kappa shape index (κ3) is 1.76. The second-order valence-electron chi connectivity index (χ2n) is 4.33. The summed E-state index contributed by atoms with van der Waals surface area (Å²) in [6.45, 7) is 0. The lowest BCUT2D eigenvalue weighted by molar-refractivity contribution is 0.403. The van der Waals surface area contributed by atoms with E-state index in [4.69, 9.17) is 4.42 Å². The zero-order valence-corrected chi connectivity index (χ0v) is 10.2. The maximum absolute atomic E-state index is 12.4. The van der Waals surface area contributed by atoms with Crippen LogP contribution in [0.25, 0.3) is 22.1 Å². The highest BCUT2D eigenvalue weighted by molar-refractivity contribution is 5.85. The molecule has 5 heteroatoms. The molecule has 1 heterocycles. The van der Waals surface area contributed by atoms with Crippen molar-refractivity contribution >= 4 is 11.0 Å². The van der Waals surface area contributed by atoms with Crippen LogP contribution in [0.4, 0.5) is 0 Å². The van der Waals surface area contributed by atoms with Crippen molar-refractivity contribution in [1.29, 1.82) is 0 Å². The zero-order valence-electron chi connectivity index (χ0n) is 10.2. The number of benzene rings is 2. The molecule has 20 heavy (non-hydrogen) atoms. The maximum atomic E-state index is 12.4. The lowest BCUT2D eigenvalue weighted by atomic mass is 10.0. The molecule has 0 saturated carbocycles. The van der Waals surface area contributed by atoms with Crippen LogP contribution in [0.1, 0.15) is 0 Å². The van der Waals surface area contributed by atoms with E-state index < -0.39 is 11.2 Å². The molecule has 0 fully saturated rings. The summed E-state index contributed by atoms with van der Waals surface area (Å²) in [5.74, 6) is -0.808. The second kappa shape index (κ2) is 4.31. The first-order valence-electron chi connectivity index (χ1n) is 5.84. The first kappa shape index (κ1) is 12.1. The Morgan fingerprint density at radius 2 is 1.55 bits per heavy atom. The molecule has 0 unspecified atom stereocenters. The fraction of sp³-hybridized carbons (Fsp3) is 0. The summed E-state index contributed by atoms with van der Waals surface area (Å²) in [4.78, 5) is 12.4. The minimum absolute atomic E-state index is 0.0397. The Morgan fingerprint density at radius 3 is 2.30 bits per heavy atom. The summed E-state index contributed by atoms with van der Waals surface area (Å²) in [5, 5.41) is 28.8. The number of phenolic OH excluding ortho intramolecular Hbond substituents is 3. The molecule has 5 nitrogen and oxygen atoms in total. The van der Waals surface area contributed by atoms with Crippen LogP contribution in [0.15, 0.2) is 51.9 Å². The molecule has 3 N–H and O–H groups in total. The Hall–Kier alpha value is -2.95. The summed E-state index contributed by atoms with van der Waals surface area (Å²) >= 11 is 0. The average molecular weight is 270 g/mol. The van der Waals surface area contributed by atoms with Crippen molar-refractivity contribution in [1.82, 2.24) is 0 Å². The molecule has 100 valence electrons. The first-order chi connectivity index (χ1) is 9.58. The van der Waals surface area contributed by atoms with Crippen molar-refractivity contribution in [3.8, 4) is 28.4 Å². The number of phenols is 3. The fourth-order valence-electron chi connectivity index (χ4n) is 2.04. The lowest BCUT2D eigenvalue weighted by Gasteiger charge is -2.05. The first-order valence-corrected chi connectivity index (χ1v) is 5.84. The standard InChI is InChI=1S/C15H10O5/c16-11-4-2-1-3-8(11)10-7-20-14-6-13(18)12(17)5-9(14)15(10)19/h1-7,16-18H. The molecule has 3 rings (SSSR count). The van der Waals surface area contributed by atoms with Gasteiger partial charge in [-0.2, -0.15) is 0 Å². The molecule has 2 aromatic carbocycles. The van der Waals surface area contributed by atoms with E-state index in [-0.39, 0.29) is 28.0 Å². The van der Waals surface area contributed by atoms with Crippen molar-refractivity contribution < 1.29 is 19.7 Å². The van der Waals surface area contributed by atoms with Crippen molar-refractivity contribution in [2.45, 2.75) is 0 Å². The minimum atomic E-state index is -0.403. The van der Waals surface area contributed by atoms with E-state index in [1.165, 1.54) is 18.4 Å². The molecule has 1 aromatic heterocycles. The van der Waals surface area contributed by atoms with Crippen LogP contribution in [0.3, 0.4) is 0 Å². The Morgan fingerprint density at radius 1 is 0.850 bits per heavy atom. The van der Waals surface area contributed by atoms with E-state index in [9.17, 15) is 20.1 Å². The smallest absolute Gasteiger partial charge is 0.200 e. The molecule has 0 atom stereocenters. The Kier molecular flexibility index (Phi) is 2.61. The zero-order chi connectivity index (χ0) is 14.3. The SMILES string of the molecule is O=c1c(-c2ccccc2O)coc2cc(O)c(O)cc12.